The molecule has 0 aliphatic heterocycles. The average molecular weight is 342 g/mol. The summed E-state index contributed by atoms with van der Waals surface area (Å²) in [5.74, 6) is 1.44. The van der Waals surface area contributed by atoms with Gasteiger partial charge in [0, 0.05) is 12.5 Å². The first-order valence-electron chi connectivity index (χ1n) is 7.88. The molecule has 1 heterocycles. The van der Waals surface area contributed by atoms with Gasteiger partial charge in [-0.1, -0.05) is 24.3 Å². The lowest BCUT2D eigenvalue weighted by molar-refractivity contribution is 0.0989. The Kier molecular flexibility index (Phi) is 5.48. The van der Waals surface area contributed by atoms with Crippen LogP contribution in [0.4, 0.5) is 0 Å². The van der Waals surface area contributed by atoms with Crippen molar-refractivity contribution >= 4 is 23.3 Å². The number of ether oxygens (including phenoxy) is 1. The van der Waals surface area contributed by atoms with E-state index in [0.29, 0.717) is 17.1 Å². The molecule has 0 spiro atoms. The zero-order valence-electron chi connectivity index (χ0n) is 13.2. The molecule has 124 valence electrons. The van der Waals surface area contributed by atoms with Crippen LogP contribution >= 0.6 is 11.8 Å². The van der Waals surface area contributed by atoms with Crippen molar-refractivity contribution in [3.8, 4) is 0 Å². The SMILES string of the molecule is O=C1C(SCCCCOC2=CC=CC=CC2)=CC(=O)c2[nH]ncc21. The molecule has 1 aromatic heterocycles. The molecule has 1 aromatic rings. The lowest BCUT2D eigenvalue weighted by Gasteiger charge is -2.11. The van der Waals surface area contributed by atoms with Crippen LogP contribution in [0.1, 0.15) is 40.1 Å². The number of carbonyl (C=O) groups is 2. The van der Waals surface area contributed by atoms with Gasteiger partial charge in [0.2, 0.25) is 11.6 Å². The molecule has 3 rings (SSSR count). The third-order valence-corrected chi connectivity index (χ3v) is 4.77. The second kappa shape index (κ2) is 7.97. The fraction of sp³-hybridized carbons (Fsp3) is 0.278. The normalized spacial score (nSPS) is 16.5. The molecule has 0 aromatic carbocycles. The highest BCUT2D eigenvalue weighted by Crippen LogP contribution is 2.27. The number of nitrogens with one attached hydrogen (secondary N) is 1. The third kappa shape index (κ3) is 3.94. The predicted octanol–water partition coefficient (Wildman–Crippen LogP) is 3.60. The molecule has 0 bridgehead atoms. The molecule has 2 aliphatic rings. The molecule has 1 N–H and O–H groups in total. The van der Waals surface area contributed by atoms with Crippen LogP contribution in [0.5, 0.6) is 0 Å². The van der Waals surface area contributed by atoms with E-state index in [1.54, 1.807) is 0 Å². The van der Waals surface area contributed by atoms with Gasteiger partial charge in [-0.2, -0.15) is 5.10 Å². The molecular formula is C18H18N2O3S. The van der Waals surface area contributed by atoms with Crippen LogP contribution in [-0.4, -0.2) is 34.1 Å². The monoisotopic (exact) mass is 342 g/mol. The molecule has 24 heavy (non-hydrogen) atoms. The van der Waals surface area contributed by atoms with Gasteiger partial charge in [-0.05, 0) is 24.7 Å². The Labute approximate surface area is 144 Å². The van der Waals surface area contributed by atoms with E-state index >= 15 is 0 Å². The molecule has 0 fully saturated rings. The lowest BCUT2D eigenvalue weighted by Crippen LogP contribution is -2.14. The second-order valence-corrected chi connectivity index (χ2v) is 6.55. The van der Waals surface area contributed by atoms with E-state index in [1.165, 1.54) is 24.0 Å². The molecule has 0 unspecified atom stereocenters. The highest BCUT2D eigenvalue weighted by molar-refractivity contribution is 8.04. The number of hydrogen-bond acceptors (Lipinski definition) is 5. The zero-order chi connectivity index (χ0) is 16.8. The molecular weight excluding hydrogens is 324 g/mol. The Morgan fingerprint density at radius 1 is 1.21 bits per heavy atom. The van der Waals surface area contributed by atoms with Crippen molar-refractivity contribution in [3.05, 3.63) is 64.6 Å². The van der Waals surface area contributed by atoms with Crippen molar-refractivity contribution in [3.63, 3.8) is 0 Å². The maximum Gasteiger partial charge on any atom is 0.205 e. The molecule has 5 nitrogen and oxygen atoms in total. The summed E-state index contributed by atoms with van der Waals surface area (Å²) < 4.78 is 5.73. The fourth-order valence-electron chi connectivity index (χ4n) is 2.40. The molecule has 0 saturated carbocycles. The van der Waals surface area contributed by atoms with E-state index in [0.717, 1.165) is 30.8 Å². The van der Waals surface area contributed by atoms with Gasteiger partial charge in [0.1, 0.15) is 5.69 Å². The number of thioether (sulfide) groups is 1. The Bertz CT molecular complexity index is 756. The van der Waals surface area contributed by atoms with Crippen LogP contribution in [0.3, 0.4) is 0 Å². The van der Waals surface area contributed by atoms with Crippen LogP contribution in [0.15, 0.2) is 53.3 Å². The first-order chi connectivity index (χ1) is 11.8. The summed E-state index contributed by atoms with van der Waals surface area (Å²) in [6, 6.07) is 0. The highest BCUT2D eigenvalue weighted by atomic mass is 32.2. The number of nitrogens with zero attached hydrogens (tertiary/aromatic N) is 1. The summed E-state index contributed by atoms with van der Waals surface area (Å²) in [5, 5.41) is 6.34. The summed E-state index contributed by atoms with van der Waals surface area (Å²) >= 11 is 1.42. The lowest BCUT2D eigenvalue weighted by atomic mass is 10.0. The van der Waals surface area contributed by atoms with Gasteiger partial charge in [-0.15, -0.1) is 11.8 Å². The molecule has 0 atom stereocenters. The number of unbranched alkanes of at least 4 members (excludes halogenated alkanes) is 1. The molecule has 0 radical (unpaired) electrons. The minimum absolute atomic E-state index is 0.123. The maximum atomic E-state index is 12.2. The van der Waals surface area contributed by atoms with Gasteiger partial charge >= 0.3 is 0 Å². The largest absolute Gasteiger partial charge is 0.498 e. The van der Waals surface area contributed by atoms with Crippen molar-refractivity contribution in [2.75, 3.05) is 12.4 Å². The number of H-pyrrole nitrogens is 1. The van der Waals surface area contributed by atoms with Gasteiger partial charge in [0.15, 0.2) is 0 Å². The van der Waals surface area contributed by atoms with E-state index in [-0.39, 0.29) is 17.3 Å². The highest BCUT2D eigenvalue weighted by Gasteiger charge is 2.27. The van der Waals surface area contributed by atoms with E-state index in [1.807, 2.05) is 24.3 Å². The minimum atomic E-state index is -0.186. The molecule has 2 aliphatic carbocycles. The maximum absolute atomic E-state index is 12.2. The number of Topliss-reactive ketones (excluding diaryl/α,β-unsaturated/α-hetero) is 1. The summed E-state index contributed by atoms with van der Waals surface area (Å²) in [7, 11) is 0. The number of hydrogen-bond donors (Lipinski definition) is 1. The van der Waals surface area contributed by atoms with Gasteiger partial charge < -0.3 is 4.74 Å². The number of carbonyl (C=O) groups excluding carboxylic acids is 2. The van der Waals surface area contributed by atoms with Gasteiger partial charge in [-0.3, -0.25) is 14.7 Å². The van der Waals surface area contributed by atoms with Crippen molar-refractivity contribution < 1.29 is 14.3 Å². The third-order valence-electron chi connectivity index (χ3n) is 3.66. The molecule has 0 amide bonds. The van der Waals surface area contributed by atoms with Crippen LogP contribution in [0.2, 0.25) is 0 Å². The predicted molar refractivity (Wildman–Crippen MR) is 94.0 cm³/mol. The van der Waals surface area contributed by atoms with Gasteiger partial charge in [0.05, 0.1) is 29.0 Å². The number of aromatic amines is 1. The van der Waals surface area contributed by atoms with Gasteiger partial charge in [0.25, 0.3) is 0 Å². The summed E-state index contributed by atoms with van der Waals surface area (Å²) in [5.41, 5.74) is 0.660. The smallest absolute Gasteiger partial charge is 0.205 e. The fourth-order valence-corrected chi connectivity index (χ4v) is 3.40. The van der Waals surface area contributed by atoms with Crippen LogP contribution in [0, 0.1) is 0 Å². The van der Waals surface area contributed by atoms with Crippen LogP contribution in [0.25, 0.3) is 0 Å². The standard InChI is InChI=1S/C18H18N2O3S/c21-15-11-16(18(22)14-12-19-20-17(14)15)24-10-6-5-9-23-13-7-3-1-2-4-8-13/h1-4,7,11-12H,5-6,8-10H2,(H,19,20). The Balaban J connectivity index is 1.39. The molecule has 6 heteroatoms. The number of allylic oxidation sites excluding steroid dienone is 7. The van der Waals surface area contributed by atoms with E-state index in [9.17, 15) is 9.59 Å². The summed E-state index contributed by atoms with van der Waals surface area (Å²) in [4.78, 5) is 24.6. The number of aromatic nitrogens is 2. The summed E-state index contributed by atoms with van der Waals surface area (Å²) in [6.07, 6.45) is 15.5. The number of rotatable bonds is 7. The second-order valence-electron chi connectivity index (χ2n) is 5.41. The Morgan fingerprint density at radius 3 is 3.04 bits per heavy atom. The van der Waals surface area contributed by atoms with Crippen molar-refractivity contribution in [2.24, 2.45) is 0 Å². The average Bonchev–Trinajstić information content (AvgIpc) is 2.94. The first-order valence-corrected chi connectivity index (χ1v) is 8.86. The van der Waals surface area contributed by atoms with Crippen LogP contribution < -0.4 is 0 Å². The molecule has 0 saturated heterocycles. The topological polar surface area (TPSA) is 72.1 Å². The minimum Gasteiger partial charge on any atom is -0.498 e. The van der Waals surface area contributed by atoms with Crippen LogP contribution in [-0.2, 0) is 4.74 Å². The van der Waals surface area contributed by atoms with E-state index in [4.69, 9.17) is 4.74 Å². The van der Waals surface area contributed by atoms with E-state index < -0.39 is 0 Å². The van der Waals surface area contributed by atoms with E-state index in [2.05, 4.69) is 16.3 Å². The Morgan fingerprint density at radius 2 is 2.12 bits per heavy atom. The zero-order valence-corrected chi connectivity index (χ0v) is 14.0. The van der Waals surface area contributed by atoms with Crippen molar-refractivity contribution in [2.45, 2.75) is 19.3 Å². The van der Waals surface area contributed by atoms with Crippen molar-refractivity contribution in [1.29, 1.82) is 0 Å². The quantitative estimate of drug-likeness (QED) is 0.767. The summed E-state index contributed by atoms with van der Waals surface area (Å²) in [6.45, 7) is 0.659. The number of ketones is 2. The Hall–Kier alpha value is -2.34. The number of fused-ring (bicyclic) bond motifs is 1. The van der Waals surface area contributed by atoms with Crippen molar-refractivity contribution in [1.82, 2.24) is 10.2 Å². The first kappa shape index (κ1) is 16.5. The van der Waals surface area contributed by atoms with Gasteiger partial charge in [-0.25, -0.2) is 0 Å².